The third-order valence-corrected chi connectivity index (χ3v) is 5.04. The fourth-order valence-electron chi connectivity index (χ4n) is 3.46. The smallest absolute Gasteiger partial charge is 0.300 e. The molecule has 1 saturated heterocycles. The highest BCUT2D eigenvalue weighted by atomic mass is 19.1. The first-order chi connectivity index (χ1) is 14.0. The van der Waals surface area contributed by atoms with Gasteiger partial charge in [0.1, 0.15) is 11.9 Å². The Morgan fingerprint density at radius 2 is 2.03 bits per heavy atom. The van der Waals surface area contributed by atoms with Crippen molar-refractivity contribution in [3.63, 3.8) is 0 Å². The molecule has 0 amide bonds. The van der Waals surface area contributed by atoms with Gasteiger partial charge in [-0.25, -0.2) is 8.78 Å². The van der Waals surface area contributed by atoms with Crippen LogP contribution in [0.2, 0.25) is 0 Å². The summed E-state index contributed by atoms with van der Waals surface area (Å²) in [5.41, 5.74) is 0.721. The summed E-state index contributed by atoms with van der Waals surface area (Å²) in [4.78, 5) is 20.6. The van der Waals surface area contributed by atoms with E-state index in [1.54, 1.807) is 19.2 Å². The predicted octanol–water partition coefficient (Wildman–Crippen LogP) is 2.99. The van der Waals surface area contributed by atoms with E-state index in [-0.39, 0.29) is 34.7 Å². The number of hydrogen-bond acceptors (Lipinski definition) is 5. The average Bonchev–Trinajstić information content (AvgIpc) is 3.25. The summed E-state index contributed by atoms with van der Waals surface area (Å²) in [6.07, 6.45) is 3.88. The minimum atomic E-state index is -0.577. The summed E-state index contributed by atoms with van der Waals surface area (Å²) >= 11 is 0. The predicted molar refractivity (Wildman–Crippen MR) is 103 cm³/mol. The van der Waals surface area contributed by atoms with Crippen molar-refractivity contribution < 1.29 is 13.5 Å². The molecule has 29 heavy (non-hydrogen) atoms. The van der Waals surface area contributed by atoms with E-state index in [0.717, 1.165) is 31.1 Å². The lowest BCUT2D eigenvalue weighted by Gasteiger charge is -2.25. The van der Waals surface area contributed by atoms with Gasteiger partial charge in [-0.3, -0.25) is 14.3 Å². The van der Waals surface area contributed by atoms with Crippen LogP contribution >= 0.6 is 0 Å². The van der Waals surface area contributed by atoms with Crippen LogP contribution in [0.3, 0.4) is 0 Å². The normalized spacial score (nSPS) is 17.3. The molecule has 1 N–H and O–H groups in total. The van der Waals surface area contributed by atoms with Crippen molar-refractivity contribution in [1.29, 1.82) is 0 Å². The molecule has 150 valence electrons. The molecule has 3 aromatic rings. The summed E-state index contributed by atoms with van der Waals surface area (Å²) in [5.74, 6) is -0.917. The first-order valence-corrected chi connectivity index (χ1v) is 9.36. The topological polar surface area (TPSA) is 69.0 Å². The van der Waals surface area contributed by atoms with E-state index in [9.17, 15) is 13.6 Å². The number of pyridine rings is 1. The van der Waals surface area contributed by atoms with E-state index < -0.39 is 11.9 Å². The van der Waals surface area contributed by atoms with Gasteiger partial charge in [-0.1, -0.05) is 12.1 Å². The van der Waals surface area contributed by atoms with Gasteiger partial charge >= 0.3 is 0 Å². The Morgan fingerprint density at radius 1 is 1.24 bits per heavy atom. The highest BCUT2D eigenvalue weighted by Gasteiger charge is 2.29. The number of nitrogens with zero attached hydrogens (tertiary/aromatic N) is 3. The zero-order valence-corrected chi connectivity index (χ0v) is 15.8. The molecule has 0 spiro atoms. The van der Waals surface area contributed by atoms with Crippen LogP contribution in [0.5, 0.6) is 6.01 Å². The van der Waals surface area contributed by atoms with Gasteiger partial charge in [-0.15, -0.1) is 0 Å². The van der Waals surface area contributed by atoms with E-state index in [1.807, 2.05) is 0 Å². The fourth-order valence-corrected chi connectivity index (χ4v) is 3.46. The maximum absolute atomic E-state index is 14.2. The van der Waals surface area contributed by atoms with Crippen molar-refractivity contribution in [2.75, 3.05) is 6.54 Å². The van der Waals surface area contributed by atoms with Gasteiger partial charge < -0.3 is 10.1 Å². The van der Waals surface area contributed by atoms with E-state index in [0.29, 0.717) is 0 Å². The second-order valence-electron chi connectivity index (χ2n) is 6.97. The van der Waals surface area contributed by atoms with Crippen molar-refractivity contribution in [3.05, 3.63) is 76.3 Å². The van der Waals surface area contributed by atoms with Crippen LogP contribution in [-0.4, -0.2) is 27.1 Å². The quantitative estimate of drug-likeness (QED) is 0.716. The molecular weight excluding hydrogens is 378 g/mol. The Hall–Kier alpha value is -3.13. The SMILES string of the molecule is Cn1c(OC(c2ccc(F)cc2)[C@H]2CCCN2)nc(-c2ccncc2F)cc1=O. The molecule has 0 bridgehead atoms. The summed E-state index contributed by atoms with van der Waals surface area (Å²) in [5, 5.41) is 3.38. The minimum Gasteiger partial charge on any atom is -0.455 e. The van der Waals surface area contributed by atoms with Gasteiger partial charge in [0.25, 0.3) is 11.6 Å². The summed E-state index contributed by atoms with van der Waals surface area (Å²) in [6, 6.07) is 8.81. The second kappa shape index (κ2) is 8.08. The van der Waals surface area contributed by atoms with Crippen LogP contribution < -0.4 is 15.6 Å². The molecule has 2 aromatic heterocycles. The van der Waals surface area contributed by atoms with Crippen molar-refractivity contribution in [2.24, 2.45) is 7.05 Å². The zero-order chi connectivity index (χ0) is 20.4. The van der Waals surface area contributed by atoms with Gasteiger partial charge in [-0.2, -0.15) is 4.98 Å². The van der Waals surface area contributed by atoms with Crippen LogP contribution in [0.4, 0.5) is 8.78 Å². The molecule has 1 aliphatic rings. The molecule has 1 aliphatic heterocycles. The van der Waals surface area contributed by atoms with E-state index >= 15 is 0 Å². The molecule has 0 saturated carbocycles. The molecule has 0 radical (unpaired) electrons. The van der Waals surface area contributed by atoms with Crippen LogP contribution in [-0.2, 0) is 7.05 Å². The molecule has 3 heterocycles. The third kappa shape index (κ3) is 4.02. The van der Waals surface area contributed by atoms with Crippen LogP contribution in [0.15, 0.2) is 53.6 Å². The van der Waals surface area contributed by atoms with Crippen molar-refractivity contribution in [2.45, 2.75) is 25.0 Å². The molecule has 1 unspecified atom stereocenters. The number of ether oxygens (including phenoxy) is 1. The van der Waals surface area contributed by atoms with Gasteiger partial charge in [0.2, 0.25) is 0 Å². The summed E-state index contributed by atoms with van der Waals surface area (Å²) < 4.78 is 35.0. The van der Waals surface area contributed by atoms with Crippen LogP contribution in [0, 0.1) is 11.6 Å². The molecule has 6 nitrogen and oxygen atoms in total. The molecule has 4 rings (SSSR count). The highest BCUT2D eigenvalue weighted by Crippen LogP contribution is 2.29. The maximum atomic E-state index is 14.2. The van der Waals surface area contributed by atoms with Gasteiger partial charge in [0.15, 0.2) is 5.82 Å². The molecule has 1 fully saturated rings. The van der Waals surface area contributed by atoms with Crippen LogP contribution in [0.25, 0.3) is 11.3 Å². The van der Waals surface area contributed by atoms with Crippen molar-refractivity contribution in [1.82, 2.24) is 19.9 Å². The van der Waals surface area contributed by atoms with Gasteiger partial charge in [0.05, 0.1) is 11.9 Å². The second-order valence-corrected chi connectivity index (χ2v) is 6.97. The largest absolute Gasteiger partial charge is 0.455 e. The summed E-state index contributed by atoms with van der Waals surface area (Å²) in [7, 11) is 1.54. The zero-order valence-electron chi connectivity index (χ0n) is 15.8. The lowest BCUT2D eigenvalue weighted by Crippen LogP contribution is -2.34. The van der Waals surface area contributed by atoms with Gasteiger partial charge in [0, 0.05) is 30.9 Å². The lowest BCUT2D eigenvalue weighted by molar-refractivity contribution is 0.142. The molecule has 0 aliphatic carbocycles. The number of halogens is 2. The fraction of sp³-hybridized carbons (Fsp3) is 0.286. The Morgan fingerprint density at radius 3 is 2.72 bits per heavy atom. The molecular formula is C21H20F2N4O2. The Balaban J connectivity index is 1.75. The Bertz CT molecular complexity index is 1060. The average molecular weight is 398 g/mol. The number of benzene rings is 1. The van der Waals surface area contributed by atoms with E-state index in [1.165, 1.54) is 35.0 Å². The summed E-state index contributed by atoms with van der Waals surface area (Å²) in [6.45, 7) is 0.848. The monoisotopic (exact) mass is 398 g/mol. The first kappa shape index (κ1) is 19.2. The number of rotatable bonds is 5. The number of nitrogens with one attached hydrogen (secondary N) is 1. The molecule has 1 aromatic carbocycles. The highest BCUT2D eigenvalue weighted by molar-refractivity contribution is 5.58. The standard InChI is InChI=1S/C21H20F2N4O2/c1-27-19(28)11-18(15-8-10-24-12-16(15)23)26-21(27)29-20(17-3-2-9-25-17)13-4-6-14(22)7-5-13/h4-8,10-12,17,20,25H,2-3,9H2,1H3/t17-,20?/m1/s1. The van der Waals surface area contributed by atoms with Crippen molar-refractivity contribution in [3.8, 4) is 17.3 Å². The maximum Gasteiger partial charge on any atom is 0.300 e. The third-order valence-electron chi connectivity index (χ3n) is 5.04. The van der Waals surface area contributed by atoms with E-state index in [2.05, 4.69) is 15.3 Å². The van der Waals surface area contributed by atoms with E-state index in [4.69, 9.17) is 4.74 Å². The molecule has 2 atom stereocenters. The minimum absolute atomic E-state index is 0.0151. The Kier molecular flexibility index (Phi) is 5.35. The lowest BCUT2D eigenvalue weighted by atomic mass is 10.0. The number of aromatic nitrogens is 3. The van der Waals surface area contributed by atoms with Crippen molar-refractivity contribution >= 4 is 0 Å². The van der Waals surface area contributed by atoms with Crippen LogP contribution in [0.1, 0.15) is 24.5 Å². The Labute approximate surface area is 166 Å². The first-order valence-electron chi connectivity index (χ1n) is 9.36. The number of hydrogen-bond donors (Lipinski definition) is 1. The molecule has 8 heteroatoms. The van der Waals surface area contributed by atoms with Gasteiger partial charge in [-0.05, 0) is 43.1 Å².